The van der Waals surface area contributed by atoms with Crippen LogP contribution in [0.25, 0.3) is 10.6 Å². The summed E-state index contributed by atoms with van der Waals surface area (Å²) in [6.07, 6.45) is 0.625. The average molecular weight is 415 g/mol. The lowest BCUT2D eigenvalue weighted by Gasteiger charge is -2.15. The number of thiazole rings is 1. The zero-order chi connectivity index (χ0) is 19.9. The lowest BCUT2D eigenvalue weighted by molar-refractivity contribution is -0.116. The van der Waals surface area contributed by atoms with Crippen molar-refractivity contribution < 1.29 is 17.4 Å². The van der Waals surface area contributed by atoms with Crippen molar-refractivity contribution in [2.24, 2.45) is 0 Å². The van der Waals surface area contributed by atoms with Crippen LogP contribution in [0.5, 0.6) is 5.75 Å². The summed E-state index contributed by atoms with van der Waals surface area (Å²) in [5.41, 5.74) is 3.44. The van der Waals surface area contributed by atoms with E-state index in [2.05, 4.69) is 4.98 Å². The van der Waals surface area contributed by atoms with E-state index in [-0.39, 0.29) is 16.6 Å². The predicted molar refractivity (Wildman–Crippen MR) is 108 cm³/mol. The Morgan fingerprint density at radius 3 is 2.57 bits per heavy atom. The van der Waals surface area contributed by atoms with Gasteiger partial charge in [0.2, 0.25) is 5.91 Å². The minimum absolute atomic E-state index is 0.0545. The Morgan fingerprint density at radius 1 is 1.18 bits per heavy atom. The van der Waals surface area contributed by atoms with E-state index in [0.29, 0.717) is 13.0 Å². The summed E-state index contributed by atoms with van der Waals surface area (Å²) in [4.78, 5) is 17.8. The van der Waals surface area contributed by atoms with Gasteiger partial charge >= 0.3 is 10.1 Å². The molecule has 1 aromatic heterocycles. The van der Waals surface area contributed by atoms with Crippen LogP contribution in [0.1, 0.15) is 18.2 Å². The zero-order valence-electron chi connectivity index (χ0n) is 15.4. The fourth-order valence-corrected chi connectivity index (χ4v) is 4.96. The van der Waals surface area contributed by atoms with Crippen molar-refractivity contribution in [3.05, 3.63) is 59.1 Å². The first-order valence-electron chi connectivity index (χ1n) is 8.71. The Bertz CT molecular complexity index is 1150. The summed E-state index contributed by atoms with van der Waals surface area (Å²) in [7, 11) is -3.96. The summed E-state index contributed by atoms with van der Waals surface area (Å²) in [5.74, 6) is 0.184. The van der Waals surface area contributed by atoms with Gasteiger partial charge in [0.1, 0.15) is 15.7 Å². The SMILES string of the molecule is CC(=O)N1CCc2cc(S(=O)(=O)Oc3ccc(-c4nc(C)cs4)cc3)ccc21. The van der Waals surface area contributed by atoms with E-state index in [1.54, 1.807) is 41.3 Å². The van der Waals surface area contributed by atoms with Crippen LogP contribution in [-0.4, -0.2) is 25.9 Å². The molecule has 0 radical (unpaired) electrons. The third-order valence-corrected chi connectivity index (χ3v) is 6.79. The number of carbonyl (C=O) groups excluding carboxylic acids is 1. The topological polar surface area (TPSA) is 76.6 Å². The lowest BCUT2D eigenvalue weighted by atomic mass is 10.2. The second-order valence-corrected chi connectivity index (χ2v) is 8.97. The minimum Gasteiger partial charge on any atom is -0.379 e. The number of nitrogens with zero attached hydrogens (tertiary/aromatic N) is 2. The number of hydrogen-bond donors (Lipinski definition) is 0. The Balaban J connectivity index is 1.55. The molecule has 0 fully saturated rings. The van der Waals surface area contributed by atoms with Crippen LogP contribution < -0.4 is 9.08 Å². The Hall–Kier alpha value is -2.71. The molecule has 0 aliphatic carbocycles. The van der Waals surface area contributed by atoms with Gasteiger partial charge < -0.3 is 9.08 Å². The standard InChI is InChI=1S/C20H18N2O4S2/c1-13-12-27-20(21-13)15-3-5-17(6-4-15)26-28(24,25)18-7-8-19-16(11-18)9-10-22(19)14(2)23/h3-8,11-12H,9-10H2,1-2H3. The van der Waals surface area contributed by atoms with E-state index >= 15 is 0 Å². The fourth-order valence-electron chi connectivity index (χ4n) is 3.18. The molecule has 28 heavy (non-hydrogen) atoms. The van der Waals surface area contributed by atoms with Gasteiger partial charge in [-0.3, -0.25) is 4.79 Å². The van der Waals surface area contributed by atoms with Crippen LogP contribution in [0.2, 0.25) is 0 Å². The first kappa shape index (κ1) is 18.6. The third-order valence-electron chi connectivity index (χ3n) is 4.54. The first-order chi connectivity index (χ1) is 13.3. The Labute approximate surface area is 167 Å². The van der Waals surface area contributed by atoms with Crippen LogP contribution >= 0.6 is 11.3 Å². The number of benzene rings is 2. The molecule has 0 unspecified atom stereocenters. The van der Waals surface area contributed by atoms with E-state index in [9.17, 15) is 13.2 Å². The molecule has 3 aromatic rings. The summed E-state index contributed by atoms with van der Waals surface area (Å²) < 4.78 is 30.6. The molecule has 0 saturated carbocycles. The maximum Gasteiger partial charge on any atom is 0.339 e. The van der Waals surface area contributed by atoms with Crippen molar-refractivity contribution >= 4 is 33.0 Å². The summed E-state index contributed by atoms with van der Waals surface area (Å²) in [6.45, 7) is 3.99. The Kier molecular flexibility index (Phi) is 4.68. The average Bonchev–Trinajstić information content (AvgIpc) is 3.27. The van der Waals surface area contributed by atoms with Crippen molar-refractivity contribution in [2.45, 2.75) is 25.2 Å². The van der Waals surface area contributed by atoms with Gasteiger partial charge in [0.15, 0.2) is 0 Å². The molecule has 1 aliphatic rings. The number of aryl methyl sites for hydroxylation is 1. The van der Waals surface area contributed by atoms with Gasteiger partial charge in [-0.05, 0) is 61.4 Å². The van der Waals surface area contributed by atoms with Crippen LogP contribution in [-0.2, 0) is 21.3 Å². The second kappa shape index (κ2) is 7.03. The van der Waals surface area contributed by atoms with E-state index < -0.39 is 10.1 Å². The number of amides is 1. The van der Waals surface area contributed by atoms with Crippen LogP contribution in [0.3, 0.4) is 0 Å². The quantitative estimate of drug-likeness (QED) is 0.607. The highest BCUT2D eigenvalue weighted by Gasteiger charge is 2.25. The van der Waals surface area contributed by atoms with Crippen molar-refractivity contribution in [1.82, 2.24) is 4.98 Å². The van der Waals surface area contributed by atoms with Gasteiger partial charge in [0.05, 0.1) is 0 Å². The first-order valence-corrected chi connectivity index (χ1v) is 11.0. The van der Waals surface area contributed by atoms with Crippen LogP contribution in [0.15, 0.2) is 52.7 Å². The molecule has 8 heteroatoms. The van der Waals surface area contributed by atoms with Crippen LogP contribution in [0, 0.1) is 6.92 Å². The highest BCUT2D eigenvalue weighted by Crippen LogP contribution is 2.31. The monoisotopic (exact) mass is 414 g/mol. The molecule has 2 heterocycles. The molecule has 0 N–H and O–H groups in total. The van der Waals surface area contributed by atoms with E-state index in [1.807, 2.05) is 12.3 Å². The molecular formula is C20H18N2O4S2. The van der Waals surface area contributed by atoms with Gasteiger partial charge in [-0.25, -0.2) is 4.98 Å². The molecule has 1 amide bonds. The number of hydrogen-bond acceptors (Lipinski definition) is 6. The normalized spacial score (nSPS) is 13.4. The molecule has 4 rings (SSSR count). The van der Waals surface area contributed by atoms with Gasteiger partial charge in [0.25, 0.3) is 0 Å². The van der Waals surface area contributed by atoms with Crippen LogP contribution in [0.4, 0.5) is 5.69 Å². The fraction of sp³-hybridized carbons (Fsp3) is 0.200. The minimum atomic E-state index is -3.96. The van der Waals surface area contributed by atoms with Crippen molar-refractivity contribution in [1.29, 1.82) is 0 Å². The van der Waals surface area contributed by atoms with Crippen molar-refractivity contribution in [2.75, 3.05) is 11.4 Å². The molecular weight excluding hydrogens is 396 g/mol. The van der Waals surface area contributed by atoms with Gasteiger partial charge in [-0.1, -0.05) is 0 Å². The molecule has 144 valence electrons. The van der Waals surface area contributed by atoms with Crippen molar-refractivity contribution in [3.63, 3.8) is 0 Å². The molecule has 2 aromatic carbocycles. The van der Waals surface area contributed by atoms with Gasteiger partial charge in [-0.15, -0.1) is 11.3 Å². The number of carbonyl (C=O) groups is 1. The number of anilines is 1. The summed E-state index contributed by atoms with van der Waals surface area (Å²) >= 11 is 1.53. The maximum absolute atomic E-state index is 12.7. The largest absolute Gasteiger partial charge is 0.379 e. The molecule has 0 bridgehead atoms. The van der Waals surface area contributed by atoms with Crippen molar-refractivity contribution in [3.8, 4) is 16.3 Å². The third kappa shape index (κ3) is 3.53. The highest BCUT2D eigenvalue weighted by molar-refractivity contribution is 7.87. The van der Waals surface area contributed by atoms with Gasteiger partial charge in [0, 0.05) is 35.8 Å². The van der Waals surface area contributed by atoms with E-state index in [4.69, 9.17) is 4.18 Å². The van der Waals surface area contributed by atoms with E-state index in [1.165, 1.54) is 24.3 Å². The lowest BCUT2D eigenvalue weighted by Crippen LogP contribution is -2.25. The molecule has 1 aliphatic heterocycles. The summed E-state index contributed by atoms with van der Waals surface area (Å²) in [5, 5.41) is 2.84. The van der Waals surface area contributed by atoms with E-state index in [0.717, 1.165) is 27.5 Å². The number of rotatable bonds is 4. The zero-order valence-corrected chi connectivity index (χ0v) is 17.0. The Morgan fingerprint density at radius 2 is 1.93 bits per heavy atom. The molecule has 0 atom stereocenters. The summed E-state index contributed by atoms with van der Waals surface area (Å²) in [6, 6.07) is 11.5. The molecule has 0 saturated heterocycles. The smallest absolute Gasteiger partial charge is 0.339 e. The predicted octanol–water partition coefficient (Wildman–Crippen LogP) is 3.80. The highest BCUT2D eigenvalue weighted by atomic mass is 32.2. The number of fused-ring (bicyclic) bond motifs is 1. The maximum atomic E-state index is 12.7. The second-order valence-electron chi connectivity index (χ2n) is 6.57. The molecule has 6 nitrogen and oxygen atoms in total. The van der Waals surface area contributed by atoms with Gasteiger partial charge in [-0.2, -0.15) is 8.42 Å². The number of aromatic nitrogens is 1. The molecule has 0 spiro atoms.